The van der Waals surface area contributed by atoms with Crippen LogP contribution in [0.25, 0.3) is 0 Å². The minimum Gasteiger partial charge on any atom is -0.300 e. The Kier molecular flexibility index (Phi) is 4.60. The van der Waals surface area contributed by atoms with E-state index in [9.17, 15) is 23.3 Å². The highest BCUT2D eigenvalue weighted by Crippen LogP contribution is 2.27. The van der Waals surface area contributed by atoms with Crippen molar-refractivity contribution in [2.75, 3.05) is 0 Å². The van der Waals surface area contributed by atoms with Gasteiger partial charge in [0.25, 0.3) is 5.69 Å². The first kappa shape index (κ1) is 15.9. The molecule has 1 aliphatic rings. The summed E-state index contributed by atoms with van der Waals surface area (Å²) >= 11 is 5.65. The number of Topliss-reactive ketones (excluding diaryl/α,β-unsaturated/α-hetero) is 1. The quantitative estimate of drug-likeness (QED) is 0.670. The molecule has 0 aliphatic heterocycles. The van der Waals surface area contributed by atoms with Crippen LogP contribution in [0.1, 0.15) is 25.7 Å². The van der Waals surface area contributed by atoms with Crippen molar-refractivity contribution in [3.05, 3.63) is 33.3 Å². The molecule has 1 aliphatic carbocycles. The molecule has 0 saturated heterocycles. The monoisotopic (exact) mass is 332 g/mol. The van der Waals surface area contributed by atoms with E-state index in [0.717, 1.165) is 6.07 Å². The first-order valence-electron chi connectivity index (χ1n) is 6.27. The van der Waals surface area contributed by atoms with Crippen molar-refractivity contribution in [2.24, 2.45) is 0 Å². The van der Waals surface area contributed by atoms with E-state index in [1.54, 1.807) is 0 Å². The molecule has 0 amide bonds. The Bertz CT molecular complexity index is 679. The zero-order valence-corrected chi connectivity index (χ0v) is 12.5. The molecule has 0 spiro atoms. The van der Waals surface area contributed by atoms with Gasteiger partial charge in [-0.3, -0.25) is 14.9 Å². The predicted octanol–water partition coefficient (Wildman–Crippen LogP) is 2.04. The first-order chi connectivity index (χ1) is 9.79. The van der Waals surface area contributed by atoms with Gasteiger partial charge in [-0.05, 0) is 25.0 Å². The fraction of sp³-hybridized carbons (Fsp3) is 0.417. The van der Waals surface area contributed by atoms with E-state index in [4.69, 9.17) is 11.6 Å². The summed E-state index contributed by atoms with van der Waals surface area (Å²) in [7, 11) is -3.87. The Morgan fingerprint density at radius 3 is 2.48 bits per heavy atom. The highest BCUT2D eigenvalue weighted by Gasteiger charge is 2.26. The summed E-state index contributed by atoms with van der Waals surface area (Å²) in [6, 6.07) is 2.99. The van der Waals surface area contributed by atoms with Crippen LogP contribution < -0.4 is 4.72 Å². The predicted molar refractivity (Wildman–Crippen MR) is 75.7 cm³/mol. The van der Waals surface area contributed by atoms with Gasteiger partial charge in [0.05, 0.1) is 9.82 Å². The molecule has 1 N–H and O–H groups in total. The number of carbonyl (C=O) groups excluding carboxylic acids is 1. The SMILES string of the molecule is O=C1CCC(NS(=O)(=O)c2ccc(Cl)c([N+](=O)[O-])c2)CC1. The molecule has 0 atom stereocenters. The van der Waals surface area contributed by atoms with Gasteiger partial charge in [0.2, 0.25) is 10.0 Å². The molecule has 7 nitrogen and oxygen atoms in total. The average molecular weight is 333 g/mol. The van der Waals surface area contributed by atoms with Crippen molar-refractivity contribution in [1.82, 2.24) is 4.72 Å². The topological polar surface area (TPSA) is 106 Å². The normalized spacial score (nSPS) is 16.9. The lowest BCUT2D eigenvalue weighted by Crippen LogP contribution is -2.37. The molecule has 0 bridgehead atoms. The number of carbonyl (C=O) groups is 1. The Balaban J connectivity index is 2.21. The zero-order chi connectivity index (χ0) is 15.6. The van der Waals surface area contributed by atoms with Crippen molar-refractivity contribution < 1.29 is 18.1 Å². The standard InChI is InChI=1S/C12H13ClN2O5S/c13-11-6-5-10(7-12(11)15(17)18)21(19,20)14-8-1-3-9(16)4-2-8/h5-8,14H,1-4H2. The zero-order valence-electron chi connectivity index (χ0n) is 10.9. The van der Waals surface area contributed by atoms with Crippen molar-refractivity contribution >= 4 is 33.1 Å². The highest BCUT2D eigenvalue weighted by atomic mass is 35.5. The molecule has 1 fully saturated rings. The lowest BCUT2D eigenvalue weighted by Gasteiger charge is -2.21. The van der Waals surface area contributed by atoms with Gasteiger partial charge in [-0.15, -0.1) is 0 Å². The van der Waals surface area contributed by atoms with Gasteiger partial charge in [0.15, 0.2) is 0 Å². The summed E-state index contributed by atoms with van der Waals surface area (Å²) in [6.07, 6.45) is 1.56. The van der Waals surface area contributed by atoms with Gasteiger partial charge >= 0.3 is 0 Å². The lowest BCUT2D eigenvalue weighted by atomic mass is 9.95. The van der Waals surface area contributed by atoms with E-state index in [1.165, 1.54) is 12.1 Å². The van der Waals surface area contributed by atoms with Crippen LogP contribution in [0.5, 0.6) is 0 Å². The maximum absolute atomic E-state index is 12.2. The third-order valence-corrected chi connectivity index (χ3v) is 5.13. The molecular weight excluding hydrogens is 320 g/mol. The number of nitro groups is 1. The molecule has 0 radical (unpaired) electrons. The van der Waals surface area contributed by atoms with Crippen LogP contribution in [0.3, 0.4) is 0 Å². The molecule has 0 unspecified atom stereocenters. The Morgan fingerprint density at radius 2 is 1.90 bits per heavy atom. The number of benzene rings is 1. The van der Waals surface area contributed by atoms with Crippen molar-refractivity contribution in [3.8, 4) is 0 Å². The van der Waals surface area contributed by atoms with E-state index in [-0.39, 0.29) is 21.7 Å². The van der Waals surface area contributed by atoms with E-state index < -0.39 is 20.6 Å². The smallest absolute Gasteiger partial charge is 0.289 e. The van der Waals surface area contributed by atoms with E-state index in [0.29, 0.717) is 25.7 Å². The summed E-state index contributed by atoms with van der Waals surface area (Å²) in [4.78, 5) is 21.0. The Hall–Kier alpha value is -1.51. The maximum atomic E-state index is 12.2. The highest BCUT2D eigenvalue weighted by molar-refractivity contribution is 7.89. The van der Waals surface area contributed by atoms with Crippen LogP contribution in [0.15, 0.2) is 23.1 Å². The minimum absolute atomic E-state index is 0.118. The summed E-state index contributed by atoms with van der Waals surface area (Å²) in [5.41, 5.74) is -0.460. The summed E-state index contributed by atoms with van der Waals surface area (Å²) < 4.78 is 26.9. The molecule has 114 valence electrons. The number of nitrogens with zero attached hydrogens (tertiary/aromatic N) is 1. The van der Waals surface area contributed by atoms with Crippen LogP contribution in [0.4, 0.5) is 5.69 Å². The average Bonchev–Trinajstić information content (AvgIpc) is 2.41. The second-order valence-corrected chi connectivity index (χ2v) is 6.93. The van der Waals surface area contributed by atoms with Gasteiger partial charge in [0, 0.05) is 24.9 Å². The number of nitrogens with one attached hydrogen (secondary N) is 1. The number of sulfonamides is 1. The fourth-order valence-corrected chi connectivity index (χ4v) is 3.66. The summed E-state index contributed by atoms with van der Waals surface area (Å²) in [5, 5.41) is 10.7. The Labute approximate surface area is 126 Å². The maximum Gasteiger partial charge on any atom is 0.289 e. The van der Waals surface area contributed by atoms with Crippen molar-refractivity contribution in [3.63, 3.8) is 0 Å². The number of nitro benzene ring substituents is 1. The molecule has 1 aromatic carbocycles. The van der Waals surface area contributed by atoms with Gasteiger partial charge in [-0.25, -0.2) is 13.1 Å². The van der Waals surface area contributed by atoms with Crippen LogP contribution in [-0.2, 0) is 14.8 Å². The van der Waals surface area contributed by atoms with E-state index >= 15 is 0 Å². The number of hydrogen-bond donors (Lipinski definition) is 1. The van der Waals surface area contributed by atoms with Crippen LogP contribution in [0.2, 0.25) is 5.02 Å². The van der Waals surface area contributed by atoms with Crippen molar-refractivity contribution in [2.45, 2.75) is 36.6 Å². The molecule has 0 heterocycles. The number of rotatable bonds is 4. The van der Waals surface area contributed by atoms with Gasteiger partial charge in [-0.2, -0.15) is 0 Å². The third kappa shape index (κ3) is 3.78. The Morgan fingerprint density at radius 1 is 1.29 bits per heavy atom. The largest absolute Gasteiger partial charge is 0.300 e. The molecule has 9 heteroatoms. The summed E-state index contributed by atoms with van der Waals surface area (Å²) in [5.74, 6) is 0.118. The van der Waals surface area contributed by atoms with Crippen LogP contribution in [0, 0.1) is 10.1 Å². The lowest BCUT2D eigenvalue weighted by molar-refractivity contribution is -0.384. The van der Waals surface area contributed by atoms with Gasteiger partial charge in [0.1, 0.15) is 10.8 Å². The van der Waals surface area contributed by atoms with Gasteiger partial charge in [-0.1, -0.05) is 11.6 Å². The second kappa shape index (κ2) is 6.08. The fourth-order valence-electron chi connectivity index (χ4n) is 2.14. The molecule has 0 aromatic heterocycles. The van der Waals surface area contributed by atoms with E-state index in [1.807, 2.05) is 0 Å². The van der Waals surface area contributed by atoms with Crippen LogP contribution >= 0.6 is 11.6 Å². The van der Waals surface area contributed by atoms with Gasteiger partial charge < -0.3 is 0 Å². The minimum atomic E-state index is -3.87. The molecule has 21 heavy (non-hydrogen) atoms. The molecular formula is C12H13ClN2O5S. The summed E-state index contributed by atoms with van der Waals surface area (Å²) in [6.45, 7) is 0. The number of ketones is 1. The van der Waals surface area contributed by atoms with E-state index in [2.05, 4.69) is 4.72 Å². The second-order valence-electron chi connectivity index (χ2n) is 4.80. The van der Waals surface area contributed by atoms with Crippen molar-refractivity contribution in [1.29, 1.82) is 0 Å². The molecule has 1 aromatic rings. The first-order valence-corrected chi connectivity index (χ1v) is 8.13. The molecule has 1 saturated carbocycles. The molecule has 2 rings (SSSR count). The van der Waals surface area contributed by atoms with Crippen LogP contribution in [-0.4, -0.2) is 25.2 Å². The number of halogens is 1. The third-order valence-electron chi connectivity index (χ3n) is 3.29. The number of hydrogen-bond acceptors (Lipinski definition) is 5.